The fraction of sp³-hybridized carbons (Fsp3) is 0.167. The number of nitrogens with zero attached hydrogens (tertiary/aromatic N) is 2. The summed E-state index contributed by atoms with van der Waals surface area (Å²) in [6.45, 7) is 0. The summed E-state index contributed by atoms with van der Waals surface area (Å²) in [5.41, 5.74) is -2.03. The fourth-order valence-electron chi connectivity index (χ4n) is 1.60. The third-order valence-electron chi connectivity index (χ3n) is 2.64. The van der Waals surface area contributed by atoms with Crippen LogP contribution in [0.2, 0.25) is 0 Å². The van der Waals surface area contributed by atoms with Crippen LogP contribution in [0.15, 0.2) is 46.1 Å². The molecule has 7 heteroatoms. The highest BCUT2D eigenvalue weighted by molar-refractivity contribution is 5.36. The number of benzene rings is 1. The Hall–Kier alpha value is -2.31. The van der Waals surface area contributed by atoms with Crippen LogP contribution in [0.3, 0.4) is 0 Å². The molecule has 0 fully saturated rings. The van der Waals surface area contributed by atoms with Crippen molar-refractivity contribution in [2.75, 3.05) is 0 Å². The fourth-order valence-corrected chi connectivity index (χ4v) is 1.60. The van der Waals surface area contributed by atoms with Crippen molar-refractivity contribution in [2.45, 2.75) is 6.18 Å². The Bertz CT molecular complexity index is 729. The molecule has 0 aliphatic heterocycles. The van der Waals surface area contributed by atoms with Crippen molar-refractivity contribution in [1.29, 1.82) is 0 Å². The van der Waals surface area contributed by atoms with E-state index < -0.39 is 23.0 Å². The molecular formula is C12H9F3N2O2. The maximum Gasteiger partial charge on any atom is 0.416 e. The molecule has 0 amide bonds. The van der Waals surface area contributed by atoms with Crippen molar-refractivity contribution in [3.8, 4) is 5.69 Å². The predicted octanol–water partition coefficient (Wildman–Crippen LogP) is 1.55. The van der Waals surface area contributed by atoms with Gasteiger partial charge in [0.1, 0.15) is 0 Å². The number of aromatic nitrogens is 2. The van der Waals surface area contributed by atoms with E-state index in [1.54, 1.807) is 0 Å². The Morgan fingerprint density at radius 3 is 2.42 bits per heavy atom. The molecule has 0 radical (unpaired) electrons. The van der Waals surface area contributed by atoms with Crippen LogP contribution in [0.5, 0.6) is 0 Å². The Morgan fingerprint density at radius 1 is 1.11 bits per heavy atom. The van der Waals surface area contributed by atoms with E-state index in [0.717, 1.165) is 33.5 Å². The van der Waals surface area contributed by atoms with Crippen LogP contribution < -0.4 is 11.2 Å². The summed E-state index contributed by atoms with van der Waals surface area (Å²) >= 11 is 0. The minimum absolute atomic E-state index is 0.0513. The van der Waals surface area contributed by atoms with E-state index in [9.17, 15) is 22.8 Å². The van der Waals surface area contributed by atoms with Crippen LogP contribution in [-0.2, 0) is 13.2 Å². The predicted molar refractivity (Wildman–Crippen MR) is 62.3 cm³/mol. The van der Waals surface area contributed by atoms with Crippen LogP contribution in [0, 0.1) is 0 Å². The highest BCUT2D eigenvalue weighted by Gasteiger charge is 2.30. The lowest BCUT2D eigenvalue weighted by Crippen LogP contribution is -2.36. The van der Waals surface area contributed by atoms with Crippen molar-refractivity contribution in [1.82, 2.24) is 9.13 Å². The molecule has 0 aliphatic rings. The van der Waals surface area contributed by atoms with Gasteiger partial charge in [-0.2, -0.15) is 13.2 Å². The van der Waals surface area contributed by atoms with E-state index in [-0.39, 0.29) is 5.69 Å². The molecule has 0 saturated carbocycles. The molecule has 0 saturated heterocycles. The maximum absolute atomic E-state index is 12.6. The number of alkyl halides is 3. The molecule has 1 heterocycles. The molecule has 19 heavy (non-hydrogen) atoms. The van der Waals surface area contributed by atoms with Crippen molar-refractivity contribution in [2.24, 2.45) is 7.05 Å². The highest BCUT2D eigenvalue weighted by Crippen LogP contribution is 2.29. The molecule has 1 aromatic carbocycles. The highest BCUT2D eigenvalue weighted by atomic mass is 19.4. The zero-order valence-electron chi connectivity index (χ0n) is 9.81. The SMILES string of the molecule is Cn1c(=O)ccn(-c2cccc(C(F)(F)F)c2)c1=O. The first-order chi connectivity index (χ1) is 8.80. The van der Waals surface area contributed by atoms with Gasteiger partial charge < -0.3 is 0 Å². The molecule has 0 unspecified atom stereocenters. The van der Waals surface area contributed by atoms with Gasteiger partial charge >= 0.3 is 11.9 Å². The molecule has 4 nitrogen and oxygen atoms in total. The lowest BCUT2D eigenvalue weighted by Gasteiger charge is -2.10. The normalized spacial score (nSPS) is 11.6. The second kappa shape index (κ2) is 4.42. The average Bonchev–Trinajstić information content (AvgIpc) is 2.35. The van der Waals surface area contributed by atoms with E-state index in [1.165, 1.54) is 19.2 Å². The monoisotopic (exact) mass is 270 g/mol. The molecule has 100 valence electrons. The lowest BCUT2D eigenvalue weighted by molar-refractivity contribution is -0.137. The summed E-state index contributed by atoms with van der Waals surface area (Å²) in [6, 6.07) is 5.45. The lowest BCUT2D eigenvalue weighted by atomic mass is 10.2. The van der Waals surface area contributed by atoms with E-state index in [4.69, 9.17) is 0 Å². The van der Waals surface area contributed by atoms with Crippen molar-refractivity contribution in [3.63, 3.8) is 0 Å². The zero-order chi connectivity index (χ0) is 14.2. The summed E-state index contributed by atoms with van der Waals surface area (Å²) in [7, 11) is 1.26. The number of rotatable bonds is 1. The van der Waals surface area contributed by atoms with Gasteiger partial charge in [-0.15, -0.1) is 0 Å². The molecule has 1 aromatic heterocycles. The largest absolute Gasteiger partial charge is 0.416 e. The molecule has 0 atom stereocenters. The molecule has 0 aliphatic carbocycles. The van der Waals surface area contributed by atoms with Crippen molar-refractivity contribution in [3.05, 3.63) is 62.9 Å². The molecule has 0 bridgehead atoms. The van der Waals surface area contributed by atoms with E-state index in [2.05, 4.69) is 0 Å². The Balaban J connectivity index is 2.64. The first-order valence-electron chi connectivity index (χ1n) is 5.27. The second-order valence-corrected chi connectivity index (χ2v) is 3.91. The Labute approximate surface area is 105 Å². The smallest absolute Gasteiger partial charge is 0.269 e. The summed E-state index contributed by atoms with van der Waals surface area (Å²) in [5, 5.41) is 0. The van der Waals surface area contributed by atoms with Crippen LogP contribution in [-0.4, -0.2) is 9.13 Å². The Kier molecular flexibility index (Phi) is 3.05. The zero-order valence-corrected chi connectivity index (χ0v) is 9.81. The molecule has 0 spiro atoms. The number of hydrogen-bond donors (Lipinski definition) is 0. The van der Waals surface area contributed by atoms with E-state index in [0.29, 0.717) is 0 Å². The average molecular weight is 270 g/mol. The van der Waals surface area contributed by atoms with Gasteiger partial charge in [0.25, 0.3) is 5.56 Å². The second-order valence-electron chi connectivity index (χ2n) is 3.91. The molecule has 2 aromatic rings. The van der Waals surface area contributed by atoms with E-state index in [1.807, 2.05) is 0 Å². The minimum atomic E-state index is -4.49. The number of hydrogen-bond acceptors (Lipinski definition) is 2. The van der Waals surface area contributed by atoms with E-state index >= 15 is 0 Å². The van der Waals surface area contributed by atoms with Crippen molar-refractivity contribution >= 4 is 0 Å². The quantitative estimate of drug-likeness (QED) is 0.789. The van der Waals surface area contributed by atoms with Crippen LogP contribution in [0.25, 0.3) is 5.69 Å². The topological polar surface area (TPSA) is 44.0 Å². The first kappa shape index (κ1) is 13.1. The van der Waals surface area contributed by atoms with Gasteiger partial charge in [-0.1, -0.05) is 6.07 Å². The van der Waals surface area contributed by atoms with Gasteiger partial charge in [0.15, 0.2) is 0 Å². The Morgan fingerprint density at radius 2 is 1.79 bits per heavy atom. The number of halogens is 3. The maximum atomic E-state index is 12.6. The summed E-state index contributed by atoms with van der Waals surface area (Å²) in [4.78, 5) is 23.0. The summed E-state index contributed by atoms with van der Waals surface area (Å²) < 4.78 is 39.6. The minimum Gasteiger partial charge on any atom is -0.269 e. The third-order valence-corrected chi connectivity index (χ3v) is 2.64. The van der Waals surface area contributed by atoms with Crippen molar-refractivity contribution < 1.29 is 13.2 Å². The van der Waals surface area contributed by atoms with Gasteiger partial charge in [0.05, 0.1) is 11.3 Å². The molecule has 0 N–H and O–H groups in total. The third kappa shape index (κ3) is 2.44. The van der Waals surface area contributed by atoms with Gasteiger partial charge in [-0.25, -0.2) is 4.79 Å². The van der Waals surface area contributed by atoms with Gasteiger partial charge in [-0.3, -0.25) is 13.9 Å². The van der Waals surface area contributed by atoms with Crippen LogP contribution >= 0.6 is 0 Å². The summed E-state index contributed by atoms with van der Waals surface area (Å²) in [5.74, 6) is 0. The van der Waals surface area contributed by atoms with Gasteiger partial charge in [-0.05, 0) is 18.2 Å². The van der Waals surface area contributed by atoms with Gasteiger partial charge in [0.2, 0.25) is 0 Å². The standard InChI is InChI=1S/C12H9F3N2O2/c1-16-10(18)5-6-17(11(16)19)9-4-2-3-8(7-9)12(13,14)15/h2-7H,1H3. The molecular weight excluding hydrogens is 261 g/mol. The van der Waals surface area contributed by atoms with Crippen LogP contribution in [0.4, 0.5) is 13.2 Å². The van der Waals surface area contributed by atoms with Crippen LogP contribution in [0.1, 0.15) is 5.56 Å². The first-order valence-corrected chi connectivity index (χ1v) is 5.27. The summed E-state index contributed by atoms with van der Waals surface area (Å²) in [6.07, 6.45) is -3.33. The molecule has 2 rings (SSSR count). The van der Waals surface area contributed by atoms with Gasteiger partial charge in [0, 0.05) is 19.3 Å².